The van der Waals surface area contributed by atoms with Crippen molar-refractivity contribution in [1.29, 1.82) is 0 Å². The van der Waals surface area contributed by atoms with Gasteiger partial charge >= 0.3 is 6.03 Å². The number of halogens is 1. The van der Waals surface area contributed by atoms with Gasteiger partial charge < -0.3 is 25.0 Å². The standard InChI is InChI=1S/C18H22ClN5O3/c1-26-15-10-16(27-2)14(9-13(15)19)23-18(25)21-11-12-5-6-20-17(22-12)24-7-3-4-8-24/h5-6,9-10H,3-4,7-8,11H2,1-2H3,(H2,21,23,25). The number of benzene rings is 1. The van der Waals surface area contributed by atoms with Crippen molar-refractivity contribution in [3.8, 4) is 11.5 Å². The molecule has 1 aromatic heterocycles. The molecular weight excluding hydrogens is 370 g/mol. The molecule has 3 rings (SSSR count). The van der Waals surface area contributed by atoms with Gasteiger partial charge in [-0.1, -0.05) is 11.6 Å². The minimum atomic E-state index is -0.393. The molecule has 0 saturated carbocycles. The number of carbonyl (C=O) groups is 1. The van der Waals surface area contributed by atoms with Crippen LogP contribution in [0.15, 0.2) is 24.4 Å². The molecule has 1 aliphatic rings. The molecule has 2 N–H and O–H groups in total. The van der Waals surface area contributed by atoms with Gasteiger partial charge in [-0.2, -0.15) is 0 Å². The number of ether oxygens (including phenoxy) is 2. The van der Waals surface area contributed by atoms with E-state index in [-0.39, 0.29) is 6.54 Å². The van der Waals surface area contributed by atoms with E-state index < -0.39 is 6.03 Å². The molecule has 0 spiro atoms. The zero-order valence-electron chi connectivity index (χ0n) is 15.3. The molecule has 0 bridgehead atoms. The molecule has 2 heterocycles. The van der Waals surface area contributed by atoms with Crippen LogP contribution in [0.1, 0.15) is 18.5 Å². The molecule has 0 aliphatic carbocycles. The number of urea groups is 1. The molecule has 0 atom stereocenters. The minimum Gasteiger partial charge on any atom is -0.495 e. The molecule has 2 aromatic rings. The number of hydrogen-bond donors (Lipinski definition) is 2. The first-order chi connectivity index (χ1) is 13.1. The van der Waals surface area contributed by atoms with Crippen LogP contribution in [0.25, 0.3) is 0 Å². The normalized spacial score (nSPS) is 13.4. The summed E-state index contributed by atoms with van der Waals surface area (Å²) in [6.07, 6.45) is 4.02. The molecule has 8 nitrogen and oxygen atoms in total. The Kier molecular flexibility index (Phi) is 6.18. The predicted molar refractivity (Wildman–Crippen MR) is 104 cm³/mol. The lowest BCUT2D eigenvalue weighted by molar-refractivity contribution is 0.251. The number of amides is 2. The predicted octanol–water partition coefficient (Wildman–Crippen LogP) is 3.07. The van der Waals surface area contributed by atoms with E-state index >= 15 is 0 Å². The molecule has 144 valence electrons. The van der Waals surface area contributed by atoms with Crippen LogP contribution in [0.5, 0.6) is 11.5 Å². The van der Waals surface area contributed by atoms with Gasteiger partial charge in [0, 0.05) is 25.4 Å². The second-order valence-electron chi connectivity index (χ2n) is 6.04. The number of anilines is 2. The number of hydrogen-bond acceptors (Lipinski definition) is 6. The average Bonchev–Trinajstić information content (AvgIpc) is 3.22. The lowest BCUT2D eigenvalue weighted by Gasteiger charge is -2.16. The summed E-state index contributed by atoms with van der Waals surface area (Å²) >= 11 is 6.12. The Hall–Kier alpha value is -2.74. The van der Waals surface area contributed by atoms with Crippen LogP contribution in [0.2, 0.25) is 5.02 Å². The van der Waals surface area contributed by atoms with Crippen molar-refractivity contribution < 1.29 is 14.3 Å². The van der Waals surface area contributed by atoms with Crippen molar-refractivity contribution in [3.05, 3.63) is 35.1 Å². The maximum absolute atomic E-state index is 12.3. The molecular formula is C18H22ClN5O3. The molecule has 0 radical (unpaired) electrons. The molecule has 1 aliphatic heterocycles. The maximum atomic E-state index is 12.3. The first kappa shape index (κ1) is 19.0. The van der Waals surface area contributed by atoms with Gasteiger partial charge in [-0.15, -0.1) is 0 Å². The van der Waals surface area contributed by atoms with Gasteiger partial charge in [0.15, 0.2) is 0 Å². The van der Waals surface area contributed by atoms with Crippen molar-refractivity contribution in [2.75, 3.05) is 37.5 Å². The third-order valence-electron chi connectivity index (χ3n) is 4.24. The van der Waals surface area contributed by atoms with E-state index in [1.165, 1.54) is 14.2 Å². The molecule has 2 amide bonds. The summed E-state index contributed by atoms with van der Waals surface area (Å²) in [4.78, 5) is 23.2. The number of aromatic nitrogens is 2. The number of methoxy groups -OCH3 is 2. The van der Waals surface area contributed by atoms with Gasteiger partial charge in [-0.25, -0.2) is 14.8 Å². The lowest BCUT2D eigenvalue weighted by atomic mass is 10.2. The Morgan fingerprint density at radius 1 is 1.22 bits per heavy atom. The van der Waals surface area contributed by atoms with E-state index in [0.717, 1.165) is 31.6 Å². The highest BCUT2D eigenvalue weighted by atomic mass is 35.5. The summed E-state index contributed by atoms with van der Waals surface area (Å²) in [5.74, 6) is 1.62. The SMILES string of the molecule is COc1cc(OC)c(NC(=O)NCc2ccnc(N3CCCC3)n2)cc1Cl. The summed E-state index contributed by atoms with van der Waals surface area (Å²) in [5, 5.41) is 5.88. The molecule has 1 aromatic carbocycles. The van der Waals surface area contributed by atoms with Gasteiger partial charge in [-0.3, -0.25) is 0 Å². The van der Waals surface area contributed by atoms with Gasteiger partial charge in [0.05, 0.1) is 37.2 Å². The summed E-state index contributed by atoms with van der Waals surface area (Å²) in [5.41, 5.74) is 1.18. The highest BCUT2D eigenvalue weighted by Crippen LogP contribution is 2.35. The molecule has 9 heteroatoms. The Morgan fingerprint density at radius 2 is 1.96 bits per heavy atom. The molecule has 1 saturated heterocycles. The van der Waals surface area contributed by atoms with Crippen LogP contribution in [0.4, 0.5) is 16.4 Å². The smallest absolute Gasteiger partial charge is 0.319 e. The molecule has 0 unspecified atom stereocenters. The highest BCUT2D eigenvalue weighted by Gasteiger charge is 2.16. The summed E-state index contributed by atoms with van der Waals surface area (Å²) in [6.45, 7) is 2.21. The first-order valence-corrected chi connectivity index (χ1v) is 9.01. The quantitative estimate of drug-likeness (QED) is 0.786. The lowest BCUT2D eigenvalue weighted by Crippen LogP contribution is -2.29. The Balaban J connectivity index is 1.62. The van der Waals surface area contributed by atoms with E-state index in [9.17, 15) is 4.79 Å². The third-order valence-corrected chi connectivity index (χ3v) is 4.54. The van der Waals surface area contributed by atoms with E-state index in [2.05, 4.69) is 25.5 Å². The third kappa shape index (κ3) is 4.71. The molecule has 1 fully saturated rings. The second-order valence-corrected chi connectivity index (χ2v) is 6.44. The largest absolute Gasteiger partial charge is 0.495 e. The van der Waals surface area contributed by atoms with E-state index in [4.69, 9.17) is 21.1 Å². The molecule has 27 heavy (non-hydrogen) atoms. The minimum absolute atomic E-state index is 0.279. The van der Waals surface area contributed by atoms with Gasteiger partial charge in [-0.05, 0) is 25.0 Å². The van der Waals surface area contributed by atoms with Crippen LogP contribution in [-0.2, 0) is 6.54 Å². The zero-order valence-corrected chi connectivity index (χ0v) is 16.0. The van der Waals surface area contributed by atoms with Crippen molar-refractivity contribution in [2.45, 2.75) is 19.4 Å². The average molecular weight is 392 g/mol. The van der Waals surface area contributed by atoms with Crippen LogP contribution in [0.3, 0.4) is 0 Å². The van der Waals surface area contributed by atoms with Gasteiger partial charge in [0.25, 0.3) is 0 Å². The van der Waals surface area contributed by atoms with Crippen molar-refractivity contribution in [2.24, 2.45) is 0 Å². The van der Waals surface area contributed by atoms with Gasteiger partial charge in [0.1, 0.15) is 11.5 Å². The number of carbonyl (C=O) groups excluding carboxylic acids is 1. The maximum Gasteiger partial charge on any atom is 0.319 e. The van der Waals surface area contributed by atoms with E-state index in [1.54, 1.807) is 24.4 Å². The Morgan fingerprint density at radius 3 is 2.67 bits per heavy atom. The van der Waals surface area contributed by atoms with Gasteiger partial charge in [0.2, 0.25) is 5.95 Å². The van der Waals surface area contributed by atoms with Crippen molar-refractivity contribution in [1.82, 2.24) is 15.3 Å². The number of rotatable bonds is 6. The van der Waals surface area contributed by atoms with Crippen LogP contribution >= 0.6 is 11.6 Å². The fourth-order valence-electron chi connectivity index (χ4n) is 2.85. The van der Waals surface area contributed by atoms with Crippen LogP contribution in [-0.4, -0.2) is 43.3 Å². The van der Waals surface area contributed by atoms with Crippen molar-refractivity contribution in [3.63, 3.8) is 0 Å². The monoisotopic (exact) mass is 391 g/mol. The first-order valence-electron chi connectivity index (χ1n) is 8.64. The highest BCUT2D eigenvalue weighted by molar-refractivity contribution is 6.32. The van der Waals surface area contributed by atoms with Crippen LogP contribution < -0.4 is 25.0 Å². The topological polar surface area (TPSA) is 88.6 Å². The fraction of sp³-hybridized carbons (Fsp3) is 0.389. The number of nitrogens with zero attached hydrogens (tertiary/aromatic N) is 3. The fourth-order valence-corrected chi connectivity index (χ4v) is 3.09. The van der Waals surface area contributed by atoms with E-state index in [0.29, 0.717) is 28.2 Å². The summed E-state index contributed by atoms with van der Waals surface area (Å²) in [6, 6.07) is 4.58. The van der Waals surface area contributed by atoms with Crippen molar-refractivity contribution >= 4 is 29.3 Å². The zero-order chi connectivity index (χ0) is 19.2. The summed E-state index contributed by atoms with van der Waals surface area (Å²) < 4.78 is 10.4. The van der Waals surface area contributed by atoms with E-state index in [1.807, 2.05) is 0 Å². The second kappa shape index (κ2) is 8.77. The number of nitrogens with one attached hydrogen (secondary N) is 2. The van der Waals surface area contributed by atoms with Crippen LogP contribution in [0, 0.1) is 0 Å². The Labute approximate surface area is 162 Å². The Bertz CT molecular complexity index is 812. The summed E-state index contributed by atoms with van der Waals surface area (Å²) in [7, 11) is 3.02.